The van der Waals surface area contributed by atoms with Crippen LogP contribution in [-0.2, 0) is 11.3 Å². The number of carbonyl (C=O) groups excluding carboxylic acids is 1. The second kappa shape index (κ2) is 6.12. The fourth-order valence-electron chi connectivity index (χ4n) is 1.81. The van der Waals surface area contributed by atoms with E-state index in [1.54, 1.807) is 6.07 Å². The molecule has 5 heteroatoms. The molecule has 104 valence electrons. The molecule has 0 saturated heterocycles. The van der Waals surface area contributed by atoms with Crippen LogP contribution in [0, 0.1) is 0 Å². The first-order valence-electron chi connectivity index (χ1n) is 6.42. The van der Waals surface area contributed by atoms with Crippen molar-refractivity contribution in [2.24, 2.45) is 0 Å². The summed E-state index contributed by atoms with van der Waals surface area (Å²) in [4.78, 5) is 13.9. The van der Waals surface area contributed by atoms with Gasteiger partial charge in [0.1, 0.15) is 0 Å². The zero-order valence-corrected chi connectivity index (χ0v) is 12.6. The normalized spacial score (nSPS) is 16.5. The Morgan fingerprint density at radius 3 is 2.68 bits per heavy atom. The number of halogens is 2. The van der Waals surface area contributed by atoms with Crippen molar-refractivity contribution < 1.29 is 4.79 Å². The number of benzene rings is 1. The van der Waals surface area contributed by atoms with Gasteiger partial charge in [-0.2, -0.15) is 0 Å². The quantitative estimate of drug-likeness (QED) is 0.906. The van der Waals surface area contributed by atoms with Gasteiger partial charge in [-0.3, -0.25) is 9.69 Å². The van der Waals surface area contributed by atoms with E-state index in [2.05, 4.69) is 5.32 Å². The number of likely N-dealkylation sites (N-methyl/N-ethyl adjacent to an activating group) is 1. The second-order valence-electron chi connectivity index (χ2n) is 5.12. The van der Waals surface area contributed by atoms with E-state index in [1.165, 1.54) is 0 Å². The summed E-state index contributed by atoms with van der Waals surface area (Å²) in [6.45, 7) is 2.57. The average molecular weight is 301 g/mol. The third-order valence-corrected chi connectivity index (χ3v) is 4.12. The van der Waals surface area contributed by atoms with Crippen LogP contribution in [0.15, 0.2) is 18.2 Å². The summed E-state index contributed by atoms with van der Waals surface area (Å²) in [5.74, 6) is 0.0880. The SMILES string of the molecule is CC(C(=O)NC1CC1)N(C)Cc1ccc(Cl)c(Cl)c1. The Bertz CT molecular complexity index is 475. The van der Waals surface area contributed by atoms with Crippen LogP contribution >= 0.6 is 23.2 Å². The maximum Gasteiger partial charge on any atom is 0.237 e. The fourth-order valence-corrected chi connectivity index (χ4v) is 2.13. The van der Waals surface area contributed by atoms with Crippen LogP contribution in [0.5, 0.6) is 0 Å². The predicted molar refractivity (Wildman–Crippen MR) is 78.6 cm³/mol. The summed E-state index contributed by atoms with van der Waals surface area (Å²) in [5.41, 5.74) is 1.04. The maximum absolute atomic E-state index is 11.9. The highest BCUT2D eigenvalue weighted by atomic mass is 35.5. The lowest BCUT2D eigenvalue weighted by molar-refractivity contribution is -0.125. The number of rotatable bonds is 5. The number of hydrogen-bond donors (Lipinski definition) is 1. The Morgan fingerprint density at radius 2 is 2.11 bits per heavy atom. The summed E-state index contributed by atoms with van der Waals surface area (Å²) in [7, 11) is 1.93. The highest BCUT2D eigenvalue weighted by Crippen LogP contribution is 2.23. The Labute approximate surface area is 123 Å². The molecular formula is C14H18Cl2N2O. The van der Waals surface area contributed by atoms with Crippen molar-refractivity contribution in [2.45, 2.75) is 38.4 Å². The molecule has 1 saturated carbocycles. The van der Waals surface area contributed by atoms with Crippen molar-refractivity contribution in [1.29, 1.82) is 0 Å². The van der Waals surface area contributed by atoms with Gasteiger partial charge in [-0.15, -0.1) is 0 Å². The molecule has 0 aromatic heterocycles. The summed E-state index contributed by atoms with van der Waals surface area (Å²) >= 11 is 11.9. The molecule has 0 aliphatic heterocycles. The van der Waals surface area contributed by atoms with E-state index in [-0.39, 0.29) is 11.9 Å². The van der Waals surface area contributed by atoms with E-state index in [1.807, 2.05) is 31.0 Å². The lowest BCUT2D eigenvalue weighted by Gasteiger charge is -2.24. The lowest BCUT2D eigenvalue weighted by Crippen LogP contribution is -2.43. The molecule has 0 radical (unpaired) electrons. The highest BCUT2D eigenvalue weighted by Gasteiger charge is 2.27. The summed E-state index contributed by atoms with van der Waals surface area (Å²) < 4.78 is 0. The first kappa shape index (κ1) is 14.6. The van der Waals surface area contributed by atoms with Crippen molar-refractivity contribution in [3.05, 3.63) is 33.8 Å². The van der Waals surface area contributed by atoms with Crippen LogP contribution < -0.4 is 5.32 Å². The minimum absolute atomic E-state index is 0.0880. The van der Waals surface area contributed by atoms with Crippen molar-refractivity contribution in [1.82, 2.24) is 10.2 Å². The van der Waals surface area contributed by atoms with Gasteiger partial charge >= 0.3 is 0 Å². The van der Waals surface area contributed by atoms with Crippen molar-refractivity contribution in [3.63, 3.8) is 0 Å². The van der Waals surface area contributed by atoms with E-state index < -0.39 is 0 Å². The Hall–Kier alpha value is -0.770. The second-order valence-corrected chi connectivity index (χ2v) is 5.94. The standard InChI is InChI=1S/C14H18Cl2N2O/c1-9(14(19)17-11-4-5-11)18(2)8-10-3-6-12(15)13(16)7-10/h3,6-7,9,11H,4-5,8H2,1-2H3,(H,17,19). The van der Waals surface area contributed by atoms with Gasteiger partial charge in [-0.05, 0) is 44.5 Å². The van der Waals surface area contributed by atoms with Gasteiger partial charge in [0, 0.05) is 12.6 Å². The molecule has 0 spiro atoms. The predicted octanol–water partition coefficient (Wildman–Crippen LogP) is 3.09. The summed E-state index contributed by atoms with van der Waals surface area (Å²) in [6, 6.07) is 5.79. The van der Waals surface area contributed by atoms with Gasteiger partial charge in [0.25, 0.3) is 0 Å². The van der Waals surface area contributed by atoms with Gasteiger partial charge in [0.2, 0.25) is 5.91 Å². The molecule has 1 amide bonds. The molecule has 1 aliphatic rings. The number of nitrogens with zero attached hydrogens (tertiary/aromatic N) is 1. The molecule has 0 bridgehead atoms. The molecule has 1 atom stereocenters. The lowest BCUT2D eigenvalue weighted by atomic mass is 10.2. The number of carbonyl (C=O) groups is 1. The zero-order chi connectivity index (χ0) is 14.0. The molecule has 1 fully saturated rings. The number of hydrogen-bond acceptors (Lipinski definition) is 2. The van der Waals surface area contributed by atoms with Crippen LogP contribution in [0.25, 0.3) is 0 Å². The van der Waals surface area contributed by atoms with E-state index >= 15 is 0 Å². The first-order valence-corrected chi connectivity index (χ1v) is 7.17. The average Bonchev–Trinajstić information content (AvgIpc) is 3.16. The van der Waals surface area contributed by atoms with Crippen LogP contribution in [0.3, 0.4) is 0 Å². The first-order chi connectivity index (χ1) is 8.97. The largest absolute Gasteiger partial charge is 0.352 e. The maximum atomic E-state index is 11.9. The number of nitrogens with one attached hydrogen (secondary N) is 1. The summed E-state index contributed by atoms with van der Waals surface area (Å²) in [6.07, 6.45) is 2.21. The van der Waals surface area contributed by atoms with Gasteiger partial charge in [0.15, 0.2) is 0 Å². The molecule has 19 heavy (non-hydrogen) atoms. The van der Waals surface area contributed by atoms with Crippen LogP contribution in [-0.4, -0.2) is 29.9 Å². The molecule has 2 rings (SSSR count). The fraction of sp³-hybridized carbons (Fsp3) is 0.500. The number of amides is 1. The van der Waals surface area contributed by atoms with Crippen LogP contribution in [0.2, 0.25) is 10.0 Å². The Morgan fingerprint density at radius 1 is 1.42 bits per heavy atom. The van der Waals surface area contributed by atoms with Crippen molar-refractivity contribution in [3.8, 4) is 0 Å². The molecule has 3 nitrogen and oxygen atoms in total. The smallest absolute Gasteiger partial charge is 0.237 e. The molecule has 1 aromatic rings. The minimum Gasteiger partial charge on any atom is -0.352 e. The van der Waals surface area contributed by atoms with E-state index in [9.17, 15) is 4.79 Å². The molecule has 1 aliphatic carbocycles. The van der Waals surface area contributed by atoms with E-state index in [4.69, 9.17) is 23.2 Å². The summed E-state index contributed by atoms with van der Waals surface area (Å²) in [5, 5.41) is 4.11. The molecule has 1 aromatic carbocycles. The van der Waals surface area contributed by atoms with E-state index in [0.717, 1.165) is 18.4 Å². The highest BCUT2D eigenvalue weighted by molar-refractivity contribution is 6.42. The van der Waals surface area contributed by atoms with Crippen LogP contribution in [0.4, 0.5) is 0 Å². The molecule has 1 N–H and O–H groups in total. The topological polar surface area (TPSA) is 32.3 Å². The van der Waals surface area contributed by atoms with Crippen molar-refractivity contribution in [2.75, 3.05) is 7.05 Å². The monoisotopic (exact) mass is 300 g/mol. The van der Waals surface area contributed by atoms with E-state index in [0.29, 0.717) is 22.6 Å². The van der Waals surface area contributed by atoms with Gasteiger partial charge in [0.05, 0.1) is 16.1 Å². The minimum atomic E-state index is -0.157. The third-order valence-electron chi connectivity index (χ3n) is 3.38. The van der Waals surface area contributed by atoms with Crippen molar-refractivity contribution >= 4 is 29.1 Å². The van der Waals surface area contributed by atoms with Gasteiger partial charge in [-0.1, -0.05) is 29.3 Å². The third kappa shape index (κ3) is 4.10. The Balaban J connectivity index is 1.92. The molecule has 0 heterocycles. The zero-order valence-electron chi connectivity index (χ0n) is 11.1. The van der Waals surface area contributed by atoms with Gasteiger partial charge < -0.3 is 5.32 Å². The Kier molecular flexibility index (Phi) is 4.71. The van der Waals surface area contributed by atoms with Crippen LogP contribution in [0.1, 0.15) is 25.3 Å². The van der Waals surface area contributed by atoms with Gasteiger partial charge in [-0.25, -0.2) is 0 Å². The molecule has 1 unspecified atom stereocenters. The molecular weight excluding hydrogens is 283 g/mol.